The van der Waals surface area contributed by atoms with E-state index >= 15 is 0 Å². The van der Waals surface area contributed by atoms with E-state index in [4.69, 9.17) is 9.47 Å². The molecule has 1 aliphatic rings. The summed E-state index contributed by atoms with van der Waals surface area (Å²) in [7, 11) is 1.59. The van der Waals surface area contributed by atoms with Crippen molar-refractivity contribution in [1.82, 2.24) is 4.57 Å². The van der Waals surface area contributed by atoms with Crippen molar-refractivity contribution in [3.05, 3.63) is 96.7 Å². The minimum atomic E-state index is -0.626. The van der Waals surface area contributed by atoms with E-state index in [1.807, 2.05) is 60.7 Å². The number of esters is 1. The lowest BCUT2D eigenvalue weighted by Crippen LogP contribution is -2.39. The Bertz CT molecular complexity index is 1320. The number of hydrogen-bond donors (Lipinski definition) is 0. The van der Waals surface area contributed by atoms with Crippen molar-refractivity contribution in [3.63, 3.8) is 0 Å². The second-order valence-corrected chi connectivity index (χ2v) is 8.00. The van der Waals surface area contributed by atoms with Crippen LogP contribution in [0.3, 0.4) is 0 Å². The summed E-state index contributed by atoms with van der Waals surface area (Å²) in [5.74, 6) is 0.223. The minimum absolute atomic E-state index is 0.192. The summed E-state index contributed by atoms with van der Waals surface area (Å²) >= 11 is 1.31. The molecule has 0 bridgehead atoms. The summed E-state index contributed by atoms with van der Waals surface area (Å²) in [6.07, 6.45) is 1.85. The van der Waals surface area contributed by atoms with Crippen molar-refractivity contribution in [2.75, 3.05) is 13.7 Å². The molecule has 1 unspecified atom stereocenters. The maximum atomic E-state index is 13.4. The SMILES string of the molecule is CCOC(=O)C1=C(C)N=c2s/c(=C/c3ccccc3)c(=O)n2C1c1ccc(OC)cc1. The Balaban J connectivity index is 1.95. The van der Waals surface area contributed by atoms with Gasteiger partial charge in [-0.3, -0.25) is 9.36 Å². The third kappa shape index (κ3) is 3.96. The van der Waals surface area contributed by atoms with Gasteiger partial charge in [0.2, 0.25) is 0 Å². The van der Waals surface area contributed by atoms with Gasteiger partial charge in [-0.1, -0.05) is 53.8 Å². The van der Waals surface area contributed by atoms with Crippen LogP contribution in [0.25, 0.3) is 6.08 Å². The second kappa shape index (κ2) is 8.73. The van der Waals surface area contributed by atoms with Crippen LogP contribution in [0.5, 0.6) is 5.75 Å². The summed E-state index contributed by atoms with van der Waals surface area (Å²) in [4.78, 5) is 31.4. The van der Waals surface area contributed by atoms with Crippen LogP contribution in [0.4, 0.5) is 0 Å². The fourth-order valence-electron chi connectivity index (χ4n) is 3.59. The molecule has 4 rings (SSSR count). The van der Waals surface area contributed by atoms with Crippen LogP contribution in [0, 0.1) is 0 Å². The van der Waals surface area contributed by atoms with Gasteiger partial charge in [-0.25, -0.2) is 9.79 Å². The molecule has 0 amide bonds. The molecule has 7 heteroatoms. The lowest BCUT2D eigenvalue weighted by molar-refractivity contribution is -0.139. The quantitative estimate of drug-likeness (QED) is 0.579. The van der Waals surface area contributed by atoms with Crippen molar-refractivity contribution in [2.45, 2.75) is 19.9 Å². The molecule has 0 aliphatic carbocycles. The highest BCUT2D eigenvalue weighted by Gasteiger charge is 2.33. The Hall–Kier alpha value is -3.45. The highest BCUT2D eigenvalue weighted by atomic mass is 32.1. The summed E-state index contributed by atoms with van der Waals surface area (Å²) in [5.41, 5.74) is 2.43. The maximum Gasteiger partial charge on any atom is 0.338 e. The second-order valence-electron chi connectivity index (χ2n) is 6.99. The molecule has 2 heterocycles. The molecule has 0 N–H and O–H groups in total. The van der Waals surface area contributed by atoms with Crippen molar-refractivity contribution in [3.8, 4) is 5.75 Å². The van der Waals surface area contributed by atoms with Gasteiger partial charge in [-0.05, 0) is 43.2 Å². The lowest BCUT2D eigenvalue weighted by Gasteiger charge is -2.24. The molecule has 158 valence electrons. The van der Waals surface area contributed by atoms with Crippen LogP contribution in [0.15, 0.2) is 75.7 Å². The van der Waals surface area contributed by atoms with Gasteiger partial charge >= 0.3 is 5.97 Å². The zero-order valence-electron chi connectivity index (χ0n) is 17.5. The molecular weight excluding hydrogens is 412 g/mol. The Morgan fingerprint density at radius 1 is 1.16 bits per heavy atom. The van der Waals surface area contributed by atoms with E-state index in [2.05, 4.69) is 4.99 Å². The number of carbonyl (C=O) groups excluding carboxylic acids is 1. The molecule has 3 aromatic rings. The number of nitrogens with zero attached hydrogens (tertiary/aromatic N) is 2. The molecule has 0 fully saturated rings. The number of rotatable bonds is 5. The van der Waals surface area contributed by atoms with Gasteiger partial charge in [0.25, 0.3) is 5.56 Å². The van der Waals surface area contributed by atoms with E-state index in [0.29, 0.717) is 26.4 Å². The molecule has 6 nitrogen and oxygen atoms in total. The predicted octanol–water partition coefficient (Wildman–Crippen LogP) is 2.81. The average Bonchev–Trinajstić information content (AvgIpc) is 3.08. The molecule has 0 saturated carbocycles. The first-order valence-electron chi connectivity index (χ1n) is 9.92. The Kier molecular flexibility index (Phi) is 5.86. The molecular formula is C24H22N2O4S. The highest BCUT2D eigenvalue weighted by Crippen LogP contribution is 2.31. The zero-order chi connectivity index (χ0) is 22.0. The average molecular weight is 435 g/mol. The summed E-state index contributed by atoms with van der Waals surface area (Å²) < 4.78 is 12.7. The number of aromatic nitrogens is 1. The molecule has 0 saturated heterocycles. The molecule has 0 radical (unpaired) electrons. The molecule has 1 atom stereocenters. The number of allylic oxidation sites excluding steroid dienone is 1. The maximum absolute atomic E-state index is 13.4. The molecule has 1 aliphatic heterocycles. The largest absolute Gasteiger partial charge is 0.497 e. The molecule has 1 aromatic heterocycles. The van der Waals surface area contributed by atoms with Crippen LogP contribution >= 0.6 is 11.3 Å². The summed E-state index contributed by atoms with van der Waals surface area (Å²) in [6, 6.07) is 16.4. The van der Waals surface area contributed by atoms with E-state index in [0.717, 1.165) is 11.1 Å². The highest BCUT2D eigenvalue weighted by molar-refractivity contribution is 7.07. The molecule has 0 spiro atoms. The number of ether oxygens (including phenoxy) is 2. The molecule has 2 aromatic carbocycles. The fraction of sp³-hybridized carbons (Fsp3) is 0.208. The first-order valence-corrected chi connectivity index (χ1v) is 10.7. The van der Waals surface area contributed by atoms with Crippen LogP contribution in [0.2, 0.25) is 0 Å². The predicted molar refractivity (Wildman–Crippen MR) is 120 cm³/mol. The first-order chi connectivity index (χ1) is 15.0. The minimum Gasteiger partial charge on any atom is -0.497 e. The normalized spacial score (nSPS) is 16.0. The van der Waals surface area contributed by atoms with Crippen LogP contribution in [0.1, 0.15) is 31.0 Å². The third-order valence-electron chi connectivity index (χ3n) is 5.05. The number of fused-ring (bicyclic) bond motifs is 1. The lowest BCUT2D eigenvalue weighted by atomic mass is 9.96. The van der Waals surface area contributed by atoms with Gasteiger partial charge in [-0.2, -0.15) is 0 Å². The topological polar surface area (TPSA) is 69.9 Å². The van der Waals surface area contributed by atoms with Crippen LogP contribution < -0.4 is 19.6 Å². The summed E-state index contributed by atoms with van der Waals surface area (Å²) in [5, 5.41) is 0. The molecule has 31 heavy (non-hydrogen) atoms. The standard InChI is InChI=1S/C24H22N2O4S/c1-4-30-23(28)20-15(2)25-24-26(21(20)17-10-12-18(29-3)13-11-17)22(27)19(31-24)14-16-8-6-5-7-9-16/h5-14,21H,4H2,1-3H3/b19-14+. The number of benzene rings is 2. The van der Waals surface area contributed by atoms with Crippen molar-refractivity contribution in [1.29, 1.82) is 0 Å². The van der Waals surface area contributed by atoms with Crippen molar-refractivity contribution in [2.24, 2.45) is 4.99 Å². The van der Waals surface area contributed by atoms with E-state index in [1.54, 1.807) is 25.5 Å². The van der Waals surface area contributed by atoms with Gasteiger partial charge in [0.15, 0.2) is 4.80 Å². The van der Waals surface area contributed by atoms with Crippen LogP contribution in [-0.4, -0.2) is 24.3 Å². The number of thiazole rings is 1. The number of hydrogen-bond acceptors (Lipinski definition) is 6. The van der Waals surface area contributed by atoms with Crippen LogP contribution in [-0.2, 0) is 9.53 Å². The number of methoxy groups -OCH3 is 1. The van der Waals surface area contributed by atoms with E-state index < -0.39 is 12.0 Å². The Labute approximate surface area is 183 Å². The van der Waals surface area contributed by atoms with Gasteiger partial charge in [0.05, 0.1) is 35.6 Å². The Morgan fingerprint density at radius 3 is 2.52 bits per heavy atom. The van der Waals surface area contributed by atoms with Crippen molar-refractivity contribution >= 4 is 23.4 Å². The van der Waals surface area contributed by atoms with Crippen molar-refractivity contribution < 1.29 is 14.3 Å². The zero-order valence-corrected chi connectivity index (χ0v) is 18.3. The Morgan fingerprint density at radius 2 is 1.87 bits per heavy atom. The van der Waals surface area contributed by atoms with E-state index in [-0.39, 0.29) is 12.2 Å². The van der Waals surface area contributed by atoms with Gasteiger partial charge in [0.1, 0.15) is 5.75 Å². The number of carbonyl (C=O) groups is 1. The third-order valence-corrected chi connectivity index (χ3v) is 6.03. The fourth-order valence-corrected chi connectivity index (χ4v) is 4.64. The van der Waals surface area contributed by atoms with Gasteiger partial charge in [-0.15, -0.1) is 0 Å². The van der Waals surface area contributed by atoms with E-state index in [1.165, 1.54) is 11.3 Å². The van der Waals surface area contributed by atoms with Gasteiger partial charge < -0.3 is 9.47 Å². The monoisotopic (exact) mass is 434 g/mol. The summed E-state index contributed by atoms with van der Waals surface area (Å²) in [6.45, 7) is 3.77. The van der Waals surface area contributed by atoms with Gasteiger partial charge in [0, 0.05) is 0 Å². The smallest absolute Gasteiger partial charge is 0.338 e. The first kappa shape index (κ1) is 20.8. The van der Waals surface area contributed by atoms with E-state index in [9.17, 15) is 9.59 Å².